The molecule has 1 fully saturated rings. The Labute approximate surface area is 106 Å². The Balaban J connectivity index is 1.75. The second-order valence-electron chi connectivity index (χ2n) is 4.39. The number of ether oxygens (including phenoxy) is 3. The molecule has 0 N–H and O–H groups in total. The van der Waals surface area contributed by atoms with Crippen LogP contribution < -0.4 is 4.74 Å². The van der Waals surface area contributed by atoms with E-state index in [1.807, 2.05) is 6.07 Å². The second-order valence-corrected chi connectivity index (χ2v) is 4.39. The van der Waals surface area contributed by atoms with E-state index in [0.29, 0.717) is 13.2 Å². The van der Waals surface area contributed by atoms with Crippen molar-refractivity contribution < 1.29 is 14.2 Å². The summed E-state index contributed by atoms with van der Waals surface area (Å²) in [6.07, 6.45) is 2.94. The van der Waals surface area contributed by atoms with Gasteiger partial charge in [-0.2, -0.15) is 0 Å². The summed E-state index contributed by atoms with van der Waals surface area (Å²) in [6.45, 7) is 2.34. The van der Waals surface area contributed by atoms with Crippen LogP contribution in [0.5, 0.6) is 5.75 Å². The van der Waals surface area contributed by atoms with Gasteiger partial charge in [0.1, 0.15) is 5.75 Å². The normalized spacial score (nSPS) is 16.5. The van der Waals surface area contributed by atoms with E-state index in [2.05, 4.69) is 29.0 Å². The molecule has 18 heavy (non-hydrogen) atoms. The predicted molar refractivity (Wildman–Crippen MR) is 68.8 cm³/mol. The highest BCUT2D eigenvalue weighted by Crippen LogP contribution is 2.22. The van der Waals surface area contributed by atoms with Gasteiger partial charge in [0.05, 0.1) is 20.3 Å². The minimum absolute atomic E-state index is 0.0410. The van der Waals surface area contributed by atoms with Gasteiger partial charge in [0, 0.05) is 30.1 Å². The maximum Gasteiger partial charge on any atom is 0.159 e. The Morgan fingerprint density at radius 2 is 2.11 bits per heavy atom. The highest BCUT2D eigenvalue weighted by atomic mass is 16.7. The third-order valence-electron chi connectivity index (χ3n) is 3.27. The fourth-order valence-electron chi connectivity index (χ4n) is 2.32. The van der Waals surface area contributed by atoms with Crippen molar-refractivity contribution in [2.24, 2.45) is 0 Å². The molecule has 2 heterocycles. The third-order valence-corrected chi connectivity index (χ3v) is 3.27. The van der Waals surface area contributed by atoms with Crippen LogP contribution in [-0.4, -0.2) is 31.2 Å². The van der Waals surface area contributed by atoms with Crippen LogP contribution in [0.25, 0.3) is 10.9 Å². The zero-order valence-corrected chi connectivity index (χ0v) is 10.5. The largest absolute Gasteiger partial charge is 0.497 e. The molecule has 0 saturated carbocycles. The average Bonchev–Trinajstić information content (AvgIpc) is 3.05. The monoisotopic (exact) mass is 247 g/mol. The highest BCUT2D eigenvalue weighted by Gasteiger charge is 2.15. The first-order valence-electron chi connectivity index (χ1n) is 6.23. The predicted octanol–water partition coefficient (Wildman–Crippen LogP) is 2.41. The number of hydrogen-bond donors (Lipinski definition) is 0. The number of rotatable bonds is 4. The lowest BCUT2D eigenvalue weighted by atomic mass is 10.2. The Morgan fingerprint density at radius 1 is 1.28 bits per heavy atom. The minimum Gasteiger partial charge on any atom is -0.497 e. The fraction of sp³-hybridized carbons (Fsp3) is 0.429. The molecule has 1 aliphatic heterocycles. The topological polar surface area (TPSA) is 32.6 Å². The lowest BCUT2D eigenvalue weighted by Crippen LogP contribution is -2.11. The fourth-order valence-corrected chi connectivity index (χ4v) is 2.32. The molecule has 0 atom stereocenters. The van der Waals surface area contributed by atoms with Crippen molar-refractivity contribution in [1.29, 1.82) is 0 Å². The van der Waals surface area contributed by atoms with Crippen molar-refractivity contribution in [2.75, 3.05) is 20.3 Å². The lowest BCUT2D eigenvalue weighted by Gasteiger charge is -2.10. The molecule has 0 bridgehead atoms. The number of nitrogens with zero attached hydrogens (tertiary/aromatic N) is 1. The highest BCUT2D eigenvalue weighted by molar-refractivity contribution is 5.81. The summed E-state index contributed by atoms with van der Waals surface area (Å²) < 4.78 is 18.3. The maximum absolute atomic E-state index is 5.44. The Bertz CT molecular complexity index is 529. The molecule has 1 saturated heterocycles. The third kappa shape index (κ3) is 2.21. The molecule has 0 spiro atoms. The molecule has 96 valence electrons. The zero-order chi connectivity index (χ0) is 12.4. The number of aryl methyl sites for hydroxylation is 1. The van der Waals surface area contributed by atoms with Crippen molar-refractivity contribution in [3.8, 4) is 5.75 Å². The van der Waals surface area contributed by atoms with Gasteiger partial charge in [0.2, 0.25) is 0 Å². The number of methoxy groups -OCH3 is 1. The van der Waals surface area contributed by atoms with Crippen LogP contribution in [-0.2, 0) is 16.0 Å². The maximum atomic E-state index is 5.44. The van der Waals surface area contributed by atoms with Gasteiger partial charge in [-0.05, 0) is 24.3 Å². The van der Waals surface area contributed by atoms with E-state index < -0.39 is 0 Å². The van der Waals surface area contributed by atoms with Crippen LogP contribution in [0.2, 0.25) is 0 Å². The number of benzene rings is 1. The SMILES string of the molecule is COc1ccc2c(ccn2CCC2OCCO2)c1. The summed E-state index contributed by atoms with van der Waals surface area (Å²) in [4.78, 5) is 0. The van der Waals surface area contributed by atoms with Crippen molar-refractivity contribution in [2.45, 2.75) is 19.3 Å². The molecule has 1 aromatic heterocycles. The van der Waals surface area contributed by atoms with Crippen molar-refractivity contribution >= 4 is 10.9 Å². The van der Waals surface area contributed by atoms with Crippen LogP contribution in [0.1, 0.15) is 6.42 Å². The van der Waals surface area contributed by atoms with Crippen LogP contribution >= 0.6 is 0 Å². The molecule has 4 nitrogen and oxygen atoms in total. The first kappa shape index (κ1) is 11.6. The Kier molecular flexibility index (Phi) is 3.21. The first-order valence-corrected chi connectivity index (χ1v) is 6.23. The molecule has 1 aliphatic rings. The van der Waals surface area contributed by atoms with Gasteiger partial charge < -0.3 is 18.8 Å². The summed E-state index contributed by atoms with van der Waals surface area (Å²) in [7, 11) is 1.69. The molecule has 4 heteroatoms. The molecular formula is C14H17NO3. The summed E-state index contributed by atoms with van der Waals surface area (Å²) >= 11 is 0. The van der Waals surface area contributed by atoms with Gasteiger partial charge in [-0.1, -0.05) is 0 Å². The molecular weight excluding hydrogens is 230 g/mol. The summed E-state index contributed by atoms with van der Waals surface area (Å²) in [5.41, 5.74) is 1.22. The molecule has 0 radical (unpaired) electrons. The summed E-state index contributed by atoms with van der Waals surface area (Å²) in [5, 5.41) is 1.20. The van der Waals surface area contributed by atoms with Gasteiger partial charge in [0.15, 0.2) is 6.29 Å². The second kappa shape index (κ2) is 5.00. The smallest absolute Gasteiger partial charge is 0.159 e. The van der Waals surface area contributed by atoms with Gasteiger partial charge in [-0.3, -0.25) is 0 Å². The molecule has 3 rings (SSSR count). The quantitative estimate of drug-likeness (QED) is 0.831. The van der Waals surface area contributed by atoms with E-state index in [1.54, 1.807) is 7.11 Å². The van der Waals surface area contributed by atoms with Gasteiger partial charge in [-0.25, -0.2) is 0 Å². The summed E-state index contributed by atoms with van der Waals surface area (Å²) in [5.74, 6) is 0.891. The minimum atomic E-state index is -0.0410. The molecule has 2 aromatic rings. The van der Waals surface area contributed by atoms with Gasteiger partial charge in [0.25, 0.3) is 0 Å². The van der Waals surface area contributed by atoms with Crippen molar-refractivity contribution in [1.82, 2.24) is 4.57 Å². The van der Waals surface area contributed by atoms with E-state index in [-0.39, 0.29) is 6.29 Å². The number of aromatic nitrogens is 1. The lowest BCUT2D eigenvalue weighted by molar-refractivity contribution is -0.0488. The van der Waals surface area contributed by atoms with Gasteiger partial charge >= 0.3 is 0 Å². The Morgan fingerprint density at radius 3 is 2.89 bits per heavy atom. The van der Waals surface area contributed by atoms with Crippen molar-refractivity contribution in [3.63, 3.8) is 0 Å². The van der Waals surface area contributed by atoms with E-state index in [4.69, 9.17) is 14.2 Å². The van der Waals surface area contributed by atoms with E-state index >= 15 is 0 Å². The van der Waals surface area contributed by atoms with E-state index in [9.17, 15) is 0 Å². The van der Waals surface area contributed by atoms with Crippen LogP contribution in [0.4, 0.5) is 0 Å². The van der Waals surface area contributed by atoms with E-state index in [1.165, 1.54) is 10.9 Å². The molecule has 0 amide bonds. The molecule has 0 aliphatic carbocycles. The first-order chi connectivity index (χ1) is 8.86. The van der Waals surface area contributed by atoms with E-state index in [0.717, 1.165) is 18.7 Å². The molecule has 1 aromatic carbocycles. The number of hydrogen-bond acceptors (Lipinski definition) is 3. The van der Waals surface area contributed by atoms with Crippen LogP contribution in [0, 0.1) is 0 Å². The Hall–Kier alpha value is -1.52. The molecule has 0 unspecified atom stereocenters. The summed E-state index contributed by atoms with van der Waals surface area (Å²) in [6, 6.07) is 8.23. The zero-order valence-electron chi connectivity index (χ0n) is 10.5. The van der Waals surface area contributed by atoms with Crippen molar-refractivity contribution in [3.05, 3.63) is 30.5 Å². The van der Waals surface area contributed by atoms with Crippen LogP contribution in [0.15, 0.2) is 30.5 Å². The standard InChI is InChI=1S/C14H17NO3/c1-16-12-2-3-13-11(10-12)4-6-15(13)7-5-14-17-8-9-18-14/h2-4,6,10,14H,5,7-9H2,1H3. The average molecular weight is 247 g/mol. The van der Waals surface area contributed by atoms with Crippen LogP contribution in [0.3, 0.4) is 0 Å². The number of fused-ring (bicyclic) bond motifs is 1. The van der Waals surface area contributed by atoms with Gasteiger partial charge in [-0.15, -0.1) is 0 Å².